The van der Waals surface area contributed by atoms with Crippen LogP contribution < -0.4 is 15.5 Å². The third kappa shape index (κ3) is 3.99. The largest absolute Gasteiger partial charge is 0.356 e. The Morgan fingerprint density at radius 2 is 1.69 bits per heavy atom. The normalized spacial score (nSPS) is 13.5. The number of nitrogens with zero attached hydrogens (tertiary/aromatic N) is 5. The van der Waals surface area contributed by atoms with E-state index in [0.717, 1.165) is 35.9 Å². The van der Waals surface area contributed by atoms with Gasteiger partial charge < -0.3 is 15.5 Å². The van der Waals surface area contributed by atoms with Gasteiger partial charge in [-0.05, 0) is 63.1 Å². The highest BCUT2D eigenvalue weighted by Crippen LogP contribution is 2.23. The molecule has 0 atom stereocenters. The van der Waals surface area contributed by atoms with Crippen LogP contribution in [0.4, 0.5) is 23.1 Å². The van der Waals surface area contributed by atoms with Crippen LogP contribution in [0.2, 0.25) is 0 Å². The van der Waals surface area contributed by atoms with Gasteiger partial charge in [-0.25, -0.2) is 9.97 Å². The van der Waals surface area contributed by atoms with Crippen LogP contribution in [0.1, 0.15) is 34.7 Å². The third-order valence-corrected chi connectivity index (χ3v) is 5.59. The van der Waals surface area contributed by atoms with Gasteiger partial charge in [-0.15, -0.1) is 0 Å². The van der Waals surface area contributed by atoms with E-state index in [1.54, 1.807) is 4.40 Å². The van der Waals surface area contributed by atoms with Gasteiger partial charge in [0.2, 0.25) is 5.95 Å². The predicted molar refractivity (Wildman–Crippen MR) is 126 cm³/mol. The first-order valence-electron chi connectivity index (χ1n) is 10.8. The summed E-state index contributed by atoms with van der Waals surface area (Å²) in [5.41, 5.74) is 4.46. The summed E-state index contributed by atoms with van der Waals surface area (Å²) in [5.74, 6) is 1.34. The van der Waals surface area contributed by atoms with Crippen molar-refractivity contribution in [2.24, 2.45) is 0 Å². The average molecular weight is 428 g/mol. The molecule has 4 heterocycles. The van der Waals surface area contributed by atoms with Gasteiger partial charge in [0.25, 0.3) is 5.91 Å². The van der Waals surface area contributed by atoms with Crippen molar-refractivity contribution >= 4 is 34.7 Å². The van der Waals surface area contributed by atoms with Crippen LogP contribution >= 0.6 is 0 Å². The van der Waals surface area contributed by atoms with Crippen LogP contribution in [0.5, 0.6) is 0 Å². The number of anilines is 4. The molecule has 1 aromatic carbocycles. The molecule has 0 radical (unpaired) electrons. The molecule has 162 valence electrons. The molecule has 3 aromatic heterocycles. The lowest BCUT2D eigenvalue weighted by Gasteiger charge is -2.17. The molecule has 1 saturated heterocycles. The maximum Gasteiger partial charge on any atom is 0.274 e. The summed E-state index contributed by atoms with van der Waals surface area (Å²) in [5, 5.41) is 6.23. The predicted octanol–water partition coefficient (Wildman–Crippen LogP) is 4.34. The Kier molecular flexibility index (Phi) is 5.18. The summed E-state index contributed by atoms with van der Waals surface area (Å²) in [4.78, 5) is 28.8. The van der Waals surface area contributed by atoms with Crippen molar-refractivity contribution in [3.63, 3.8) is 0 Å². The average Bonchev–Trinajstić information content (AvgIpc) is 3.42. The topological polar surface area (TPSA) is 87.5 Å². The molecule has 1 fully saturated rings. The smallest absolute Gasteiger partial charge is 0.274 e. The summed E-state index contributed by atoms with van der Waals surface area (Å²) >= 11 is 0. The lowest BCUT2D eigenvalue weighted by Crippen LogP contribution is -2.19. The summed E-state index contributed by atoms with van der Waals surface area (Å²) in [7, 11) is 0. The highest BCUT2D eigenvalue weighted by Gasteiger charge is 2.17. The van der Waals surface area contributed by atoms with Gasteiger partial charge in [-0.2, -0.15) is 4.98 Å². The third-order valence-electron chi connectivity index (χ3n) is 5.59. The van der Waals surface area contributed by atoms with Crippen molar-refractivity contribution in [3.05, 3.63) is 71.8 Å². The number of fused-ring (bicyclic) bond motifs is 1. The van der Waals surface area contributed by atoms with Crippen LogP contribution in [0, 0.1) is 13.8 Å². The molecule has 0 unspecified atom stereocenters. The number of carbonyl (C=O) groups excluding carboxylic acids is 1. The van der Waals surface area contributed by atoms with E-state index >= 15 is 0 Å². The van der Waals surface area contributed by atoms with Crippen molar-refractivity contribution in [1.82, 2.24) is 19.4 Å². The molecular formula is C24H25N7O. The zero-order valence-electron chi connectivity index (χ0n) is 18.2. The minimum Gasteiger partial charge on any atom is -0.356 e. The van der Waals surface area contributed by atoms with Gasteiger partial charge in [0, 0.05) is 42.4 Å². The maximum absolute atomic E-state index is 12.9. The van der Waals surface area contributed by atoms with Gasteiger partial charge >= 0.3 is 0 Å². The maximum atomic E-state index is 12.9. The number of carbonyl (C=O) groups is 1. The van der Waals surface area contributed by atoms with Gasteiger partial charge in [0.05, 0.1) is 5.69 Å². The van der Waals surface area contributed by atoms with E-state index < -0.39 is 0 Å². The molecule has 32 heavy (non-hydrogen) atoms. The van der Waals surface area contributed by atoms with E-state index in [0.29, 0.717) is 23.0 Å². The zero-order valence-corrected chi connectivity index (χ0v) is 18.2. The molecule has 4 aromatic rings. The fraction of sp³-hybridized carbons (Fsp3) is 0.250. The van der Waals surface area contributed by atoms with Gasteiger partial charge in [0.15, 0.2) is 0 Å². The highest BCUT2D eigenvalue weighted by molar-refractivity contribution is 6.04. The second kappa shape index (κ2) is 8.30. The molecule has 1 amide bonds. The van der Waals surface area contributed by atoms with E-state index in [-0.39, 0.29) is 5.91 Å². The molecular weight excluding hydrogens is 402 g/mol. The number of hydrogen-bond acceptors (Lipinski definition) is 6. The molecule has 0 bridgehead atoms. The van der Waals surface area contributed by atoms with E-state index in [1.165, 1.54) is 12.8 Å². The molecule has 0 aliphatic carbocycles. The minimum absolute atomic E-state index is 0.195. The van der Waals surface area contributed by atoms with Gasteiger partial charge in [0.1, 0.15) is 17.2 Å². The molecule has 1 aliphatic heterocycles. The van der Waals surface area contributed by atoms with E-state index in [1.807, 2.05) is 68.6 Å². The second-order valence-corrected chi connectivity index (χ2v) is 8.02. The Labute approximate surface area is 186 Å². The number of imidazole rings is 1. The number of benzene rings is 1. The summed E-state index contributed by atoms with van der Waals surface area (Å²) in [6.45, 7) is 5.90. The van der Waals surface area contributed by atoms with Gasteiger partial charge in [-0.3, -0.25) is 9.20 Å². The molecule has 0 saturated carbocycles. The number of aryl methyl sites for hydroxylation is 2. The van der Waals surface area contributed by atoms with Crippen molar-refractivity contribution in [2.75, 3.05) is 28.6 Å². The number of amides is 1. The number of aromatic nitrogens is 4. The Hall–Kier alpha value is -3.94. The number of rotatable bonds is 5. The van der Waals surface area contributed by atoms with Crippen molar-refractivity contribution in [2.45, 2.75) is 26.7 Å². The van der Waals surface area contributed by atoms with E-state index in [2.05, 4.69) is 30.5 Å². The Bertz CT molecular complexity index is 1270. The lowest BCUT2D eigenvalue weighted by molar-refractivity contribution is 0.102. The molecule has 8 nitrogen and oxygen atoms in total. The number of nitrogens with one attached hydrogen (secondary N) is 2. The van der Waals surface area contributed by atoms with E-state index in [4.69, 9.17) is 0 Å². The van der Waals surface area contributed by atoms with Gasteiger partial charge in [-0.1, -0.05) is 6.07 Å². The molecule has 8 heteroatoms. The summed E-state index contributed by atoms with van der Waals surface area (Å²) in [6, 6.07) is 15.2. The Morgan fingerprint density at radius 1 is 0.938 bits per heavy atom. The molecule has 5 rings (SSSR count). The van der Waals surface area contributed by atoms with Crippen LogP contribution in [0.3, 0.4) is 0 Å². The standard InChI is InChI=1S/C24H25N7O/c1-16-15-21(30-12-5-6-13-30)29-24(25-16)28-19-10-8-18(9-11-19)27-23(32)22-17(2)26-20-7-3-4-14-31(20)22/h3-4,7-11,14-15H,5-6,12-13H2,1-2H3,(H,27,32)(H,25,28,29). The SMILES string of the molecule is Cc1cc(N2CCCC2)nc(Nc2ccc(NC(=O)c3c(C)nc4ccccn34)cc2)n1. The molecule has 2 N–H and O–H groups in total. The first-order chi connectivity index (χ1) is 15.6. The zero-order chi connectivity index (χ0) is 22.1. The van der Waals surface area contributed by atoms with Crippen molar-refractivity contribution in [1.29, 1.82) is 0 Å². The van der Waals surface area contributed by atoms with Crippen LogP contribution in [-0.4, -0.2) is 38.3 Å². The first-order valence-corrected chi connectivity index (χ1v) is 10.8. The molecule has 0 spiro atoms. The monoisotopic (exact) mass is 427 g/mol. The first kappa shape index (κ1) is 20.0. The quantitative estimate of drug-likeness (QED) is 0.493. The fourth-order valence-corrected chi connectivity index (χ4v) is 4.06. The minimum atomic E-state index is -0.195. The number of hydrogen-bond donors (Lipinski definition) is 2. The Balaban J connectivity index is 1.30. The summed E-state index contributed by atoms with van der Waals surface area (Å²) in [6.07, 6.45) is 4.25. The van der Waals surface area contributed by atoms with E-state index in [9.17, 15) is 4.79 Å². The highest BCUT2D eigenvalue weighted by atomic mass is 16.2. The summed E-state index contributed by atoms with van der Waals surface area (Å²) < 4.78 is 1.80. The molecule has 1 aliphatic rings. The van der Waals surface area contributed by atoms with Crippen LogP contribution in [-0.2, 0) is 0 Å². The van der Waals surface area contributed by atoms with Crippen LogP contribution in [0.15, 0.2) is 54.7 Å². The Morgan fingerprint density at radius 3 is 2.47 bits per heavy atom. The lowest BCUT2D eigenvalue weighted by atomic mass is 10.2. The fourth-order valence-electron chi connectivity index (χ4n) is 4.06. The van der Waals surface area contributed by atoms with Crippen LogP contribution in [0.25, 0.3) is 5.65 Å². The number of pyridine rings is 1. The van der Waals surface area contributed by atoms with Crippen molar-refractivity contribution < 1.29 is 4.79 Å². The second-order valence-electron chi connectivity index (χ2n) is 8.02. The van der Waals surface area contributed by atoms with Crippen molar-refractivity contribution in [3.8, 4) is 0 Å².